The number of rotatable bonds is 7. The van der Waals surface area contributed by atoms with Crippen LogP contribution in [0.5, 0.6) is 0 Å². The Morgan fingerprint density at radius 3 is 2.64 bits per heavy atom. The van der Waals surface area contributed by atoms with E-state index in [-0.39, 0.29) is 12.3 Å². The first-order valence-corrected chi connectivity index (χ1v) is 10.6. The number of benzene rings is 1. The van der Waals surface area contributed by atoms with Crippen molar-refractivity contribution in [1.29, 1.82) is 0 Å². The predicted octanol–water partition coefficient (Wildman–Crippen LogP) is 5.37. The fourth-order valence-corrected chi connectivity index (χ4v) is 3.98. The number of halogens is 1. The van der Waals surface area contributed by atoms with Gasteiger partial charge >= 0.3 is 0 Å². The summed E-state index contributed by atoms with van der Waals surface area (Å²) < 4.78 is 1.90. The van der Waals surface area contributed by atoms with E-state index in [0.29, 0.717) is 10.9 Å². The van der Waals surface area contributed by atoms with Gasteiger partial charge in [0.05, 0.1) is 17.8 Å². The Balaban J connectivity index is 1.69. The Kier molecular flexibility index (Phi) is 6.52. The van der Waals surface area contributed by atoms with E-state index in [1.807, 2.05) is 17.0 Å². The number of aryl methyl sites for hydroxylation is 1. The first-order chi connectivity index (χ1) is 13.3. The van der Waals surface area contributed by atoms with Crippen LogP contribution in [0.4, 0.5) is 5.69 Å². The zero-order valence-electron chi connectivity index (χ0n) is 16.6. The van der Waals surface area contributed by atoms with Gasteiger partial charge in [0.25, 0.3) is 0 Å². The van der Waals surface area contributed by atoms with Gasteiger partial charge in [-0.05, 0) is 62.4 Å². The molecule has 3 rings (SSSR count). The molecule has 0 unspecified atom stereocenters. The first kappa shape index (κ1) is 20.6. The molecule has 1 N–H and O–H groups in total. The summed E-state index contributed by atoms with van der Waals surface area (Å²) in [4.78, 5) is 16.9. The third-order valence-corrected chi connectivity index (χ3v) is 5.72. The monoisotopic (exact) mass is 416 g/mol. The molecular formula is C21H25ClN4OS. The van der Waals surface area contributed by atoms with Crippen molar-refractivity contribution in [2.24, 2.45) is 5.92 Å². The molecule has 0 saturated heterocycles. The topological polar surface area (TPSA) is 59.8 Å². The van der Waals surface area contributed by atoms with E-state index in [2.05, 4.69) is 36.2 Å². The molecule has 3 aromatic rings. The van der Waals surface area contributed by atoms with Crippen molar-refractivity contribution in [2.75, 3.05) is 5.32 Å². The fourth-order valence-electron chi connectivity index (χ4n) is 3.03. The van der Waals surface area contributed by atoms with Gasteiger partial charge in [-0.3, -0.25) is 4.79 Å². The van der Waals surface area contributed by atoms with Crippen LogP contribution in [0, 0.1) is 19.8 Å². The Morgan fingerprint density at radius 1 is 1.25 bits per heavy atom. The number of carbonyl (C=O) groups excluding carboxylic acids is 1. The van der Waals surface area contributed by atoms with Crippen LogP contribution in [0.1, 0.15) is 42.9 Å². The van der Waals surface area contributed by atoms with Crippen molar-refractivity contribution in [1.82, 2.24) is 14.8 Å². The van der Waals surface area contributed by atoms with Crippen molar-refractivity contribution in [3.8, 4) is 5.13 Å². The molecule has 148 valence electrons. The van der Waals surface area contributed by atoms with Gasteiger partial charge in [-0.15, -0.1) is 11.3 Å². The Labute approximate surface area is 174 Å². The summed E-state index contributed by atoms with van der Waals surface area (Å²) in [7, 11) is 0. The maximum Gasteiger partial charge on any atom is 0.230 e. The molecule has 0 spiro atoms. The van der Waals surface area contributed by atoms with E-state index in [0.717, 1.165) is 40.7 Å². The fraction of sp³-hybridized carbons (Fsp3) is 0.381. The molecule has 5 nitrogen and oxygen atoms in total. The molecule has 0 atom stereocenters. The van der Waals surface area contributed by atoms with Gasteiger partial charge < -0.3 is 5.32 Å². The molecule has 0 saturated carbocycles. The van der Waals surface area contributed by atoms with E-state index in [9.17, 15) is 4.79 Å². The number of hydrogen-bond acceptors (Lipinski definition) is 4. The molecule has 1 amide bonds. The summed E-state index contributed by atoms with van der Waals surface area (Å²) in [5, 5.41) is 10.9. The van der Waals surface area contributed by atoms with Gasteiger partial charge in [-0.1, -0.05) is 25.4 Å². The zero-order chi connectivity index (χ0) is 20.3. The molecule has 2 aromatic heterocycles. The molecule has 0 aliphatic carbocycles. The lowest BCUT2D eigenvalue weighted by Gasteiger charge is -2.05. The molecule has 7 heteroatoms. The lowest BCUT2D eigenvalue weighted by molar-refractivity contribution is -0.115. The third kappa shape index (κ3) is 5.00. The zero-order valence-corrected chi connectivity index (χ0v) is 18.2. The number of aromatic nitrogens is 3. The Hall–Kier alpha value is -2.18. The smallest absolute Gasteiger partial charge is 0.230 e. The summed E-state index contributed by atoms with van der Waals surface area (Å²) >= 11 is 7.38. The molecule has 0 bridgehead atoms. The van der Waals surface area contributed by atoms with Crippen molar-refractivity contribution < 1.29 is 4.79 Å². The number of thiazole rings is 1. The highest BCUT2D eigenvalue weighted by Crippen LogP contribution is 2.23. The molecule has 28 heavy (non-hydrogen) atoms. The maximum absolute atomic E-state index is 12.3. The average Bonchev–Trinajstić information content (AvgIpc) is 3.19. The Bertz CT molecular complexity index is 959. The van der Waals surface area contributed by atoms with Crippen LogP contribution in [-0.2, 0) is 17.6 Å². The number of nitrogens with zero attached hydrogens (tertiary/aromatic N) is 3. The molecule has 2 heterocycles. The molecule has 1 aromatic carbocycles. The number of hydrogen-bond donors (Lipinski definition) is 1. The molecular weight excluding hydrogens is 392 g/mol. The number of anilines is 1. The van der Waals surface area contributed by atoms with Gasteiger partial charge in [-0.2, -0.15) is 5.10 Å². The number of amides is 1. The molecule has 0 aliphatic heterocycles. The van der Waals surface area contributed by atoms with Gasteiger partial charge in [0.1, 0.15) is 0 Å². The minimum atomic E-state index is -0.106. The van der Waals surface area contributed by atoms with Crippen molar-refractivity contribution in [2.45, 2.75) is 47.0 Å². The van der Waals surface area contributed by atoms with Gasteiger partial charge in [-0.25, -0.2) is 9.67 Å². The lowest BCUT2D eigenvalue weighted by atomic mass is 10.0. The minimum absolute atomic E-state index is 0.106. The predicted molar refractivity (Wildman–Crippen MR) is 116 cm³/mol. The van der Waals surface area contributed by atoms with Crippen LogP contribution in [0.3, 0.4) is 0 Å². The highest BCUT2D eigenvalue weighted by Gasteiger charge is 2.16. The maximum atomic E-state index is 12.3. The average molecular weight is 417 g/mol. The second kappa shape index (κ2) is 8.88. The van der Waals surface area contributed by atoms with Crippen LogP contribution in [-0.4, -0.2) is 20.7 Å². The van der Waals surface area contributed by atoms with Crippen molar-refractivity contribution in [3.05, 3.63) is 57.3 Å². The second-order valence-electron chi connectivity index (χ2n) is 7.35. The first-order valence-electron chi connectivity index (χ1n) is 9.38. The van der Waals surface area contributed by atoms with Crippen LogP contribution in [0.15, 0.2) is 29.6 Å². The normalized spacial score (nSPS) is 11.2. The highest BCUT2D eigenvalue weighted by molar-refractivity contribution is 7.12. The largest absolute Gasteiger partial charge is 0.326 e. The summed E-state index contributed by atoms with van der Waals surface area (Å²) in [5.74, 6) is 0.554. The van der Waals surface area contributed by atoms with Gasteiger partial charge in [0.15, 0.2) is 0 Å². The quantitative estimate of drug-likeness (QED) is 0.563. The van der Waals surface area contributed by atoms with E-state index in [4.69, 9.17) is 11.6 Å². The Morgan fingerprint density at radius 2 is 1.96 bits per heavy atom. The molecule has 0 radical (unpaired) electrons. The van der Waals surface area contributed by atoms with E-state index in [1.54, 1.807) is 24.3 Å². The number of nitrogens with one attached hydrogen (secondary N) is 1. The van der Waals surface area contributed by atoms with E-state index >= 15 is 0 Å². The van der Waals surface area contributed by atoms with E-state index in [1.165, 1.54) is 16.9 Å². The summed E-state index contributed by atoms with van der Waals surface area (Å²) in [6, 6.07) is 7.05. The third-order valence-electron chi connectivity index (χ3n) is 4.60. The minimum Gasteiger partial charge on any atom is -0.326 e. The summed E-state index contributed by atoms with van der Waals surface area (Å²) in [6.07, 6.45) is 2.39. The van der Waals surface area contributed by atoms with Gasteiger partial charge in [0, 0.05) is 21.8 Å². The SMILES string of the molecule is Cc1nn(-c2nc(CC(=O)Nc3ccc(Cl)cc3)cs2)c(C)c1CCC(C)C. The van der Waals surface area contributed by atoms with Crippen molar-refractivity contribution >= 4 is 34.5 Å². The van der Waals surface area contributed by atoms with E-state index < -0.39 is 0 Å². The lowest BCUT2D eigenvalue weighted by Crippen LogP contribution is -2.14. The second-order valence-corrected chi connectivity index (χ2v) is 8.62. The highest BCUT2D eigenvalue weighted by atomic mass is 35.5. The van der Waals surface area contributed by atoms with Crippen LogP contribution in [0.25, 0.3) is 5.13 Å². The summed E-state index contributed by atoms with van der Waals surface area (Å²) in [6.45, 7) is 8.60. The van der Waals surface area contributed by atoms with Crippen LogP contribution in [0.2, 0.25) is 5.02 Å². The molecule has 0 aliphatic rings. The van der Waals surface area contributed by atoms with Crippen LogP contribution >= 0.6 is 22.9 Å². The standard InChI is InChI=1S/C21H25ClN4OS/c1-13(2)5-10-19-14(3)25-26(15(19)4)21-24-18(12-28-21)11-20(27)23-17-8-6-16(22)7-9-17/h6-9,12-13H,5,10-11H2,1-4H3,(H,23,27). The van der Waals surface area contributed by atoms with Gasteiger partial charge in [0.2, 0.25) is 11.0 Å². The van der Waals surface area contributed by atoms with Crippen molar-refractivity contribution in [3.63, 3.8) is 0 Å². The molecule has 0 fully saturated rings. The number of carbonyl (C=O) groups is 1. The summed E-state index contributed by atoms with van der Waals surface area (Å²) in [5.41, 5.74) is 4.94. The van der Waals surface area contributed by atoms with Crippen LogP contribution < -0.4 is 5.32 Å².